The molecule has 0 aromatic heterocycles. The van der Waals surface area contributed by atoms with Crippen molar-refractivity contribution in [3.63, 3.8) is 0 Å². The zero-order chi connectivity index (χ0) is 15.9. The molecular formula is C16H34N2O2S. The van der Waals surface area contributed by atoms with Crippen LogP contribution in [0.25, 0.3) is 0 Å². The quantitative estimate of drug-likeness (QED) is 0.662. The highest BCUT2D eigenvalue weighted by Gasteiger charge is 2.35. The number of sulfone groups is 1. The molecule has 0 aliphatic heterocycles. The third-order valence-corrected chi connectivity index (χ3v) is 5.49. The Morgan fingerprint density at radius 1 is 1.38 bits per heavy atom. The lowest BCUT2D eigenvalue weighted by atomic mass is 9.69. The molecule has 1 fully saturated rings. The monoisotopic (exact) mass is 318 g/mol. The van der Waals surface area contributed by atoms with Crippen molar-refractivity contribution >= 4 is 9.84 Å². The van der Waals surface area contributed by atoms with E-state index < -0.39 is 9.84 Å². The van der Waals surface area contributed by atoms with Gasteiger partial charge in [-0.3, -0.25) is 0 Å². The minimum atomic E-state index is -2.87. The molecular weight excluding hydrogens is 284 g/mol. The lowest BCUT2D eigenvalue weighted by Gasteiger charge is -2.43. The Morgan fingerprint density at radius 2 is 2.10 bits per heavy atom. The summed E-state index contributed by atoms with van der Waals surface area (Å²) in [4.78, 5) is 2.21. The first kappa shape index (κ1) is 18.9. The van der Waals surface area contributed by atoms with Crippen LogP contribution in [0.4, 0.5) is 0 Å². The Labute approximate surface area is 131 Å². The molecule has 0 spiro atoms. The topological polar surface area (TPSA) is 49.4 Å². The number of rotatable bonds is 9. The lowest BCUT2D eigenvalue weighted by Crippen LogP contribution is -2.46. The fourth-order valence-corrected chi connectivity index (χ4v) is 4.28. The van der Waals surface area contributed by atoms with Crippen molar-refractivity contribution in [1.82, 2.24) is 10.2 Å². The Morgan fingerprint density at radius 3 is 2.67 bits per heavy atom. The molecule has 1 aliphatic carbocycles. The van der Waals surface area contributed by atoms with Crippen LogP contribution in [-0.4, -0.2) is 58.6 Å². The maximum absolute atomic E-state index is 11.3. The van der Waals surface area contributed by atoms with E-state index in [4.69, 9.17) is 0 Å². The first-order chi connectivity index (χ1) is 9.76. The molecule has 0 saturated heterocycles. The van der Waals surface area contributed by atoms with Crippen LogP contribution in [0, 0.1) is 11.3 Å². The van der Waals surface area contributed by atoms with Gasteiger partial charge in [0.1, 0.15) is 9.84 Å². The summed E-state index contributed by atoms with van der Waals surface area (Å²) in [6, 6.07) is 0. The molecule has 1 saturated carbocycles. The number of nitrogens with one attached hydrogen (secondary N) is 1. The predicted octanol–water partition coefficient (Wildman–Crippen LogP) is 2.16. The molecule has 0 bridgehead atoms. The third kappa shape index (κ3) is 7.61. The van der Waals surface area contributed by atoms with Crippen LogP contribution in [-0.2, 0) is 9.84 Å². The molecule has 5 heteroatoms. The van der Waals surface area contributed by atoms with E-state index in [1.54, 1.807) is 0 Å². The van der Waals surface area contributed by atoms with Gasteiger partial charge in [-0.25, -0.2) is 8.42 Å². The summed E-state index contributed by atoms with van der Waals surface area (Å²) in [5.74, 6) is 1.04. The highest BCUT2D eigenvalue weighted by Crippen LogP contribution is 2.39. The summed E-state index contributed by atoms with van der Waals surface area (Å²) >= 11 is 0. The van der Waals surface area contributed by atoms with E-state index in [0.29, 0.717) is 12.0 Å². The van der Waals surface area contributed by atoms with Gasteiger partial charge in [-0.05, 0) is 44.2 Å². The minimum Gasteiger partial charge on any atom is -0.316 e. The van der Waals surface area contributed by atoms with Crippen molar-refractivity contribution in [2.75, 3.05) is 45.2 Å². The van der Waals surface area contributed by atoms with Crippen LogP contribution >= 0.6 is 0 Å². The van der Waals surface area contributed by atoms with E-state index >= 15 is 0 Å². The summed E-state index contributed by atoms with van der Waals surface area (Å²) in [6.45, 7) is 8.33. The Balaban J connectivity index is 2.59. The van der Waals surface area contributed by atoms with Crippen LogP contribution in [0.2, 0.25) is 0 Å². The van der Waals surface area contributed by atoms with Gasteiger partial charge in [0.25, 0.3) is 0 Å². The van der Waals surface area contributed by atoms with Crippen LogP contribution in [0.5, 0.6) is 0 Å². The maximum Gasteiger partial charge on any atom is 0.148 e. The molecule has 2 unspecified atom stereocenters. The molecule has 1 rings (SSSR count). The first-order valence-corrected chi connectivity index (χ1v) is 10.4. The van der Waals surface area contributed by atoms with Crippen LogP contribution < -0.4 is 5.32 Å². The van der Waals surface area contributed by atoms with Crippen molar-refractivity contribution in [2.24, 2.45) is 11.3 Å². The average molecular weight is 319 g/mol. The van der Waals surface area contributed by atoms with Gasteiger partial charge in [0, 0.05) is 25.9 Å². The van der Waals surface area contributed by atoms with E-state index in [1.807, 2.05) is 0 Å². The van der Waals surface area contributed by atoms with Crippen LogP contribution in [0.15, 0.2) is 0 Å². The van der Waals surface area contributed by atoms with Crippen molar-refractivity contribution in [1.29, 1.82) is 0 Å². The minimum absolute atomic E-state index is 0.261. The van der Waals surface area contributed by atoms with Crippen molar-refractivity contribution in [3.05, 3.63) is 0 Å². The maximum atomic E-state index is 11.3. The Hall–Kier alpha value is -0.130. The highest BCUT2D eigenvalue weighted by molar-refractivity contribution is 7.90. The summed E-state index contributed by atoms with van der Waals surface area (Å²) < 4.78 is 22.7. The van der Waals surface area contributed by atoms with Crippen LogP contribution in [0.3, 0.4) is 0 Å². The zero-order valence-corrected chi connectivity index (χ0v) is 15.1. The third-order valence-electron chi connectivity index (χ3n) is 4.56. The van der Waals surface area contributed by atoms with Crippen molar-refractivity contribution < 1.29 is 8.42 Å². The van der Waals surface area contributed by atoms with Gasteiger partial charge in [-0.1, -0.05) is 26.7 Å². The Bertz CT molecular complexity index is 397. The summed E-state index contributed by atoms with van der Waals surface area (Å²) in [5, 5.41) is 3.60. The van der Waals surface area contributed by atoms with Gasteiger partial charge in [0.05, 0.1) is 5.75 Å². The predicted molar refractivity (Wildman–Crippen MR) is 90.4 cm³/mol. The van der Waals surface area contributed by atoms with E-state index in [9.17, 15) is 8.42 Å². The first-order valence-electron chi connectivity index (χ1n) is 8.33. The van der Waals surface area contributed by atoms with E-state index in [2.05, 4.69) is 31.1 Å². The second-order valence-corrected chi connectivity index (χ2v) is 9.51. The largest absolute Gasteiger partial charge is 0.316 e. The number of hydrogen-bond donors (Lipinski definition) is 1. The second kappa shape index (κ2) is 8.49. The molecule has 21 heavy (non-hydrogen) atoms. The highest BCUT2D eigenvalue weighted by atomic mass is 32.2. The Kier molecular flexibility index (Phi) is 7.65. The smallest absolute Gasteiger partial charge is 0.148 e. The molecule has 0 radical (unpaired) electrons. The molecule has 0 aromatic carbocycles. The van der Waals surface area contributed by atoms with Crippen molar-refractivity contribution in [3.8, 4) is 0 Å². The molecule has 0 amide bonds. The molecule has 126 valence electrons. The molecule has 0 aromatic rings. The summed E-state index contributed by atoms with van der Waals surface area (Å²) in [6.07, 6.45) is 7.64. The average Bonchev–Trinajstić information content (AvgIpc) is 2.36. The SMILES string of the molecule is CCCNCC1(CN(C)CCS(C)(=O)=O)CCCC(C)C1. The fourth-order valence-electron chi connectivity index (χ4n) is 3.63. The lowest BCUT2D eigenvalue weighted by molar-refractivity contribution is 0.0946. The molecule has 1 N–H and O–H groups in total. The van der Waals surface area contributed by atoms with E-state index in [1.165, 1.54) is 31.9 Å². The molecule has 1 aliphatic rings. The second-order valence-electron chi connectivity index (χ2n) is 7.25. The molecule has 0 heterocycles. The number of nitrogens with zero attached hydrogens (tertiary/aromatic N) is 1. The zero-order valence-electron chi connectivity index (χ0n) is 14.3. The van der Waals surface area contributed by atoms with E-state index in [0.717, 1.165) is 32.0 Å². The summed E-state index contributed by atoms with van der Waals surface area (Å²) in [5.41, 5.74) is 0.319. The van der Waals surface area contributed by atoms with Gasteiger partial charge in [0.2, 0.25) is 0 Å². The van der Waals surface area contributed by atoms with E-state index in [-0.39, 0.29) is 5.75 Å². The van der Waals surface area contributed by atoms with Gasteiger partial charge in [0.15, 0.2) is 0 Å². The summed E-state index contributed by atoms with van der Waals surface area (Å²) in [7, 11) is -0.807. The van der Waals surface area contributed by atoms with Crippen molar-refractivity contribution in [2.45, 2.75) is 46.0 Å². The standard InChI is InChI=1S/C16H34N2O2S/c1-5-9-17-13-16(8-6-7-15(2)12-16)14-18(3)10-11-21(4,19)20/h15,17H,5-14H2,1-4H3. The molecule has 2 atom stereocenters. The normalized spacial score (nSPS) is 27.2. The number of hydrogen-bond acceptors (Lipinski definition) is 4. The van der Waals surface area contributed by atoms with Gasteiger partial charge in [-0.15, -0.1) is 0 Å². The fraction of sp³-hybridized carbons (Fsp3) is 1.00. The van der Waals surface area contributed by atoms with Gasteiger partial charge >= 0.3 is 0 Å². The molecule has 4 nitrogen and oxygen atoms in total. The van der Waals surface area contributed by atoms with Crippen LogP contribution in [0.1, 0.15) is 46.0 Å². The van der Waals surface area contributed by atoms with Gasteiger partial charge < -0.3 is 10.2 Å². The van der Waals surface area contributed by atoms with Gasteiger partial charge in [-0.2, -0.15) is 0 Å².